The third-order valence-electron chi connectivity index (χ3n) is 5.26. The summed E-state index contributed by atoms with van der Waals surface area (Å²) in [6, 6.07) is 12.3. The van der Waals surface area contributed by atoms with Crippen molar-refractivity contribution in [3.8, 4) is 10.4 Å². The van der Waals surface area contributed by atoms with E-state index < -0.39 is 0 Å². The minimum absolute atomic E-state index is 0.0342. The molecule has 1 unspecified atom stereocenters. The second kappa shape index (κ2) is 7.18. The number of rotatable bonds is 4. The van der Waals surface area contributed by atoms with Crippen LogP contribution >= 0.6 is 11.3 Å². The Morgan fingerprint density at radius 2 is 2.04 bits per heavy atom. The van der Waals surface area contributed by atoms with E-state index in [9.17, 15) is 4.79 Å². The molecule has 3 aliphatic heterocycles. The Morgan fingerprint density at radius 1 is 1.28 bits per heavy atom. The average Bonchev–Trinajstić information content (AvgIpc) is 3.06. The number of carbonyl (C=O) groups is 1. The number of hydrogen-bond donors (Lipinski definition) is 1. The lowest BCUT2D eigenvalue weighted by Gasteiger charge is -2.43. The minimum atomic E-state index is -0.323. The maximum absolute atomic E-state index is 12.5. The van der Waals surface area contributed by atoms with E-state index in [1.807, 2.05) is 18.2 Å². The van der Waals surface area contributed by atoms with Crippen LogP contribution in [0.15, 0.2) is 36.4 Å². The van der Waals surface area contributed by atoms with Crippen molar-refractivity contribution in [2.75, 3.05) is 25.0 Å². The van der Waals surface area contributed by atoms with E-state index in [1.54, 1.807) is 11.3 Å². The number of nitrogens with one attached hydrogen (secondary N) is 1. The van der Waals surface area contributed by atoms with E-state index in [4.69, 9.17) is 4.74 Å². The lowest BCUT2D eigenvalue weighted by atomic mass is 9.86. The number of nitrogens with zero attached hydrogens (tertiary/aromatic N) is 1. The Balaban J connectivity index is 1.48. The number of anilines is 1. The third-order valence-corrected chi connectivity index (χ3v) is 6.59. The molecule has 1 N–H and O–H groups in total. The van der Waals surface area contributed by atoms with Crippen LogP contribution in [0.1, 0.15) is 24.6 Å². The zero-order chi connectivity index (χ0) is 17.2. The summed E-state index contributed by atoms with van der Waals surface area (Å²) in [5.41, 5.74) is 1.99. The summed E-state index contributed by atoms with van der Waals surface area (Å²) in [5.74, 6) is 0.526. The molecule has 25 heavy (non-hydrogen) atoms. The minimum Gasteiger partial charge on any atom is -0.444 e. The van der Waals surface area contributed by atoms with Crippen LogP contribution < -0.4 is 5.32 Å². The normalized spacial score (nSPS) is 24.9. The average molecular weight is 356 g/mol. The number of aryl methyl sites for hydroxylation is 1. The van der Waals surface area contributed by atoms with Crippen molar-refractivity contribution in [3.05, 3.63) is 41.3 Å². The standard InChI is InChI=1S/C20H24N2O2S/c1-2-16-12-17(19(25-16)15-6-4-3-5-7-15)21-20(23)24-18-13-22-10-8-14(18)9-11-22/h3-7,12,14,18H,2,8-11,13H2,1H3,(H,21,23). The van der Waals surface area contributed by atoms with E-state index in [0.29, 0.717) is 5.92 Å². The highest BCUT2D eigenvalue weighted by molar-refractivity contribution is 7.16. The van der Waals surface area contributed by atoms with E-state index >= 15 is 0 Å². The number of thiophene rings is 1. The molecule has 1 aromatic heterocycles. The van der Waals surface area contributed by atoms with Gasteiger partial charge in [0.2, 0.25) is 0 Å². The van der Waals surface area contributed by atoms with Crippen LogP contribution in [0.2, 0.25) is 0 Å². The van der Waals surface area contributed by atoms with Gasteiger partial charge in [0.1, 0.15) is 6.10 Å². The predicted molar refractivity (Wildman–Crippen MR) is 102 cm³/mol. The van der Waals surface area contributed by atoms with Gasteiger partial charge in [-0.1, -0.05) is 37.3 Å². The SMILES string of the molecule is CCc1cc(NC(=O)OC2CN3CCC2CC3)c(-c2ccccc2)s1. The summed E-state index contributed by atoms with van der Waals surface area (Å²) in [7, 11) is 0. The highest BCUT2D eigenvalue weighted by Crippen LogP contribution is 2.37. The molecule has 0 aliphatic carbocycles. The molecular formula is C20H24N2O2S. The fourth-order valence-corrected chi connectivity index (χ4v) is 4.89. The van der Waals surface area contributed by atoms with Gasteiger partial charge in [0, 0.05) is 11.4 Å². The van der Waals surface area contributed by atoms with Gasteiger partial charge in [-0.3, -0.25) is 10.2 Å². The van der Waals surface area contributed by atoms with Gasteiger partial charge < -0.3 is 4.74 Å². The van der Waals surface area contributed by atoms with E-state index in [0.717, 1.165) is 55.0 Å². The largest absolute Gasteiger partial charge is 0.444 e. The lowest BCUT2D eigenvalue weighted by molar-refractivity contribution is -0.0289. The van der Waals surface area contributed by atoms with Crippen LogP contribution in [0.4, 0.5) is 10.5 Å². The highest BCUT2D eigenvalue weighted by atomic mass is 32.1. The fraction of sp³-hybridized carbons (Fsp3) is 0.450. The first-order valence-corrected chi connectivity index (χ1v) is 9.92. The van der Waals surface area contributed by atoms with Gasteiger partial charge in [0.05, 0.1) is 10.6 Å². The number of hydrogen-bond acceptors (Lipinski definition) is 4. The number of carbonyl (C=O) groups excluding carboxylic acids is 1. The Morgan fingerprint density at radius 3 is 2.68 bits per heavy atom. The molecule has 3 saturated heterocycles. The Bertz CT molecular complexity index is 735. The van der Waals surface area contributed by atoms with Crippen molar-refractivity contribution in [2.45, 2.75) is 32.3 Å². The van der Waals surface area contributed by atoms with Crippen molar-refractivity contribution in [3.63, 3.8) is 0 Å². The quantitative estimate of drug-likeness (QED) is 0.869. The molecule has 4 heterocycles. The van der Waals surface area contributed by atoms with Gasteiger partial charge >= 0.3 is 6.09 Å². The zero-order valence-corrected chi connectivity index (χ0v) is 15.3. The summed E-state index contributed by atoms with van der Waals surface area (Å²) in [5, 5.41) is 3.00. The number of benzene rings is 1. The first-order chi connectivity index (χ1) is 12.2. The second-order valence-electron chi connectivity index (χ2n) is 6.88. The molecular weight excluding hydrogens is 332 g/mol. The van der Waals surface area contributed by atoms with Gasteiger partial charge in [0.25, 0.3) is 0 Å². The molecule has 2 aromatic rings. The van der Waals surface area contributed by atoms with Crippen molar-refractivity contribution in [2.24, 2.45) is 5.92 Å². The van der Waals surface area contributed by atoms with Crippen LogP contribution in [-0.2, 0) is 11.2 Å². The lowest BCUT2D eigenvalue weighted by Crippen LogP contribution is -2.52. The molecule has 5 rings (SSSR count). The predicted octanol–water partition coefficient (Wildman–Crippen LogP) is 4.62. The van der Waals surface area contributed by atoms with E-state index in [2.05, 4.69) is 35.3 Å². The molecule has 2 bridgehead atoms. The molecule has 132 valence electrons. The van der Waals surface area contributed by atoms with Crippen LogP contribution in [0.3, 0.4) is 0 Å². The van der Waals surface area contributed by atoms with Crippen molar-refractivity contribution >= 4 is 23.1 Å². The van der Waals surface area contributed by atoms with Crippen LogP contribution in [0.5, 0.6) is 0 Å². The van der Waals surface area contributed by atoms with Gasteiger partial charge in [-0.15, -0.1) is 11.3 Å². The van der Waals surface area contributed by atoms with Crippen LogP contribution in [0, 0.1) is 5.92 Å². The molecule has 0 saturated carbocycles. The highest BCUT2D eigenvalue weighted by Gasteiger charge is 2.36. The maximum Gasteiger partial charge on any atom is 0.411 e. The Kier molecular flexibility index (Phi) is 4.77. The number of amides is 1. The van der Waals surface area contributed by atoms with Gasteiger partial charge in [-0.2, -0.15) is 0 Å². The summed E-state index contributed by atoms with van der Waals surface area (Å²) in [6.07, 6.45) is 2.96. The third kappa shape index (κ3) is 3.58. The van der Waals surface area contributed by atoms with Crippen molar-refractivity contribution < 1.29 is 9.53 Å². The molecule has 1 aromatic carbocycles. The van der Waals surface area contributed by atoms with Gasteiger partial charge in [-0.25, -0.2) is 4.79 Å². The van der Waals surface area contributed by atoms with E-state index in [1.165, 1.54) is 4.88 Å². The summed E-state index contributed by atoms with van der Waals surface area (Å²) in [4.78, 5) is 17.2. The molecule has 0 spiro atoms. The monoisotopic (exact) mass is 356 g/mol. The van der Waals surface area contributed by atoms with Crippen LogP contribution in [0.25, 0.3) is 10.4 Å². The zero-order valence-electron chi connectivity index (χ0n) is 14.5. The van der Waals surface area contributed by atoms with Crippen molar-refractivity contribution in [1.82, 2.24) is 4.90 Å². The topological polar surface area (TPSA) is 41.6 Å². The molecule has 3 aliphatic rings. The Hall–Kier alpha value is -1.85. The fourth-order valence-electron chi connectivity index (χ4n) is 3.83. The molecule has 3 fully saturated rings. The molecule has 5 heteroatoms. The number of fused-ring (bicyclic) bond motifs is 3. The summed E-state index contributed by atoms with van der Waals surface area (Å²) < 4.78 is 5.78. The van der Waals surface area contributed by atoms with Gasteiger partial charge in [0.15, 0.2) is 0 Å². The molecule has 0 radical (unpaired) electrons. The summed E-state index contributed by atoms with van der Waals surface area (Å²) in [6.45, 7) is 5.31. The second-order valence-corrected chi connectivity index (χ2v) is 8.02. The summed E-state index contributed by atoms with van der Waals surface area (Å²) >= 11 is 1.73. The van der Waals surface area contributed by atoms with Crippen molar-refractivity contribution in [1.29, 1.82) is 0 Å². The number of ether oxygens (including phenoxy) is 1. The first-order valence-electron chi connectivity index (χ1n) is 9.11. The maximum atomic E-state index is 12.5. The Labute approximate surface area is 152 Å². The smallest absolute Gasteiger partial charge is 0.411 e. The van der Waals surface area contributed by atoms with Crippen LogP contribution in [-0.4, -0.2) is 36.7 Å². The van der Waals surface area contributed by atoms with E-state index in [-0.39, 0.29) is 12.2 Å². The number of piperidine rings is 3. The first kappa shape index (κ1) is 16.6. The molecule has 1 atom stereocenters. The molecule has 1 amide bonds. The molecule has 4 nitrogen and oxygen atoms in total. The van der Waals surface area contributed by atoms with Gasteiger partial charge in [-0.05, 0) is 49.9 Å².